The number of rotatable bonds is 6. The number of carbonyl (C=O) groups is 1. The third kappa shape index (κ3) is 4.66. The maximum absolute atomic E-state index is 12.2. The summed E-state index contributed by atoms with van der Waals surface area (Å²) in [6, 6.07) is 16.3. The van der Waals surface area contributed by atoms with E-state index in [1.54, 1.807) is 25.1 Å². The minimum absolute atomic E-state index is 0.0676. The summed E-state index contributed by atoms with van der Waals surface area (Å²) in [6.07, 6.45) is 0. The molecular formula is C20H16ClN3O3S. The number of fused-ring (bicyclic) bond motifs is 1. The van der Waals surface area contributed by atoms with Gasteiger partial charge in [0.25, 0.3) is 0 Å². The van der Waals surface area contributed by atoms with E-state index < -0.39 is 17.8 Å². The molecule has 0 bridgehead atoms. The molecule has 0 fully saturated rings. The summed E-state index contributed by atoms with van der Waals surface area (Å²) in [5.74, 6) is -0.646. The van der Waals surface area contributed by atoms with Crippen LogP contribution in [-0.2, 0) is 9.53 Å². The van der Waals surface area contributed by atoms with Gasteiger partial charge in [-0.05, 0) is 43.3 Å². The lowest BCUT2D eigenvalue weighted by Gasteiger charge is -2.11. The molecule has 0 radical (unpaired) electrons. The number of carbonyl (C=O) groups excluding carboxylic acids is 1. The fraction of sp³-hybridized carbons (Fsp3) is 0.150. The summed E-state index contributed by atoms with van der Waals surface area (Å²) in [5.41, 5.74) is 1.34. The summed E-state index contributed by atoms with van der Waals surface area (Å²) in [4.78, 5) is 20.3. The first-order valence-electron chi connectivity index (χ1n) is 8.34. The van der Waals surface area contributed by atoms with Crippen LogP contribution in [0.25, 0.3) is 16.6 Å². The Morgan fingerprint density at radius 3 is 2.71 bits per heavy atom. The number of nitriles is 1. The maximum atomic E-state index is 12.2. The van der Waals surface area contributed by atoms with Crippen molar-refractivity contribution in [3.8, 4) is 6.07 Å². The van der Waals surface area contributed by atoms with E-state index in [2.05, 4.69) is 9.97 Å². The van der Waals surface area contributed by atoms with E-state index in [9.17, 15) is 15.2 Å². The molecule has 6 nitrogen and oxygen atoms in total. The first kappa shape index (κ1) is 19.8. The second-order valence-electron chi connectivity index (χ2n) is 5.86. The number of para-hydroxylation sites is 2. The molecule has 8 heteroatoms. The monoisotopic (exact) mass is 413 g/mol. The molecule has 2 N–H and O–H groups in total. The van der Waals surface area contributed by atoms with Crippen LogP contribution in [0.1, 0.15) is 12.7 Å². The SMILES string of the molecule is C[C@@H](Sc1ccc(Cl)cc1)C(=O)OC/C(O)=C(\C#N)c1nc2ccccc2[nH]1. The Kier molecular flexibility index (Phi) is 6.24. The molecular weight excluding hydrogens is 398 g/mol. The van der Waals surface area contributed by atoms with E-state index in [0.717, 1.165) is 10.4 Å². The first-order valence-corrected chi connectivity index (χ1v) is 9.60. The fourth-order valence-corrected chi connectivity index (χ4v) is 3.41. The van der Waals surface area contributed by atoms with Crippen LogP contribution in [0.4, 0.5) is 0 Å². The van der Waals surface area contributed by atoms with Crippen LogP contribution in [-0.4, -0.2) is 32.9 Å². The molecule has 0 aliphatic rings. The molecule has 0 spiro atoms. The number of ether oxygens (including phenoxy) is 1. The number of thioether (sulfide) groups is 1. The molecule has 0 unspecified atom stereocenters. The van der Waals surface area contributed by atoms with Gasteiger partial charge in [-0.2, -0.15) is 5.26 Å². The minimum Gasteiger partial charge on any atom is -0.507 e. The van der Waals surface area contributed by atoms with Crippen LogP contribution >= 0.6 is 23.4 Å². The second-order valence-corrected chi connectivity index (χ2v) is 7.71. The van der Waals surface area contributed by atoms with Crippen LogP contribution in [0.2, 0.25) is 5.02 Å². The van der Waals surface area contributed by atoms with E-state index in [-0.39, 0.29) is 17.2 Å². The molecule has 2 aromatic carbocycles. The molecule has 0 amide bonds. The Hall–Kier alpha value is -2.95. The third-order valence-electron chi connectivity index (χ3n) is 3.84. The number of aliphatic hydroxyl groups excluding tert-OH is 1. The Morgan fingerprint density at radius 1 is 1.32 bits per heavy atom. The number of H-pyrrole nitrogens is 1. The number of esters is 1. The van der Waals surface area contributed by atoms with E-state index in [4.69, 9.17) is 16.3 Å². The zero-order valence-electron chi connectivity index (χ0n) is 14.8. The Morgan fingerprint density at radius 2 is 2.04 bits per heavy atom. The van der Waals surface area contributed by atoms with Gasteiger partial charge >= 0.3 is 5.97 Å². The quantitative estimate of drug-likeness (QED) is 0.262. The lowest BCUT2D eigenvalue weighted by atomic mass is 10.2. The van der Waals surface area contributed by atoms with Gasteiger partial charge in [-0.1, -0.05) is 23.7 Å². The molecule has 28 heavy (non-hydrogen) atoms. The van der Waals surface area contributed by atoms with Crippen LogP contribution in [0.5, 0.6) is 0 Å². The minimum atomic E-state index is -0.506. The summed E-state index contributed by atoms with van der Waals surface area (Å²) < 4.78 is 5.15. The van der Waals surface area contributed by atoms with Crippen LogP contribution in [0.3, 0.4) is 0 Å². The topological polar surface area (TPSA) is 99.0 Å². The van der Waals surface area contributed by atoms with E-state index in [1.165, 1.54) is 11.8 Å². The first-order chi connectivity index (χ1) is 13.5. The zero-order valence-corrected chi connectivity index (χ0v) is 16.4. The van der Waals surface area contributed by atoms with Gasteiger partial charge in [-0.3, -0.25) is 4.79 Å². The predicted molar refractivity (Wildman–Crippen MR) is 109 cm³/mol. The van der Waals surface area contributed by atoms with Gasteiger partial charge in [0.2, 0.25) is 0 Å². The van der Waals surface area contributed by atoms with Gasteiger partial charge in [0.15, 0.2) is 11.6 Å². The number of allylic oxidation sites excluding steroid dienone is 1. The number of nitrogens with zero attached hydrogens (tertiary/aromatic N) is 2. The molecule has 1 heterocycles. The average molecular weight is 414 g/mol. The van der Waals surface area contributed by atoms with Crippen molar-refractivity contribution in [3.63, 3.8) is 0 Å². The lowest BCUT2D eigenvalue weighted by molar-refractivity contribution is -0.142. The Labute approximate surface area is 170 Å². The van der Waals surface area contributed by atoms with Crippen molar-refractivity contribution in [2.24, 2.45) is 0 Å². The highest BCUT2D eigenvalue weighted by atomic mass is 35.5. The van der Waals surface area contributed by atoms with Crippen molar-refractivity contribution in [1.29, 1.82) is 5.26 Å². The van der Waals surface area contributed by atoms with Gasteiger partial charge in [0, 0.05) is 9.92 Å². The Balaban J connectivity index is 1.66. The summed E-state index contributed by atoms with van der Waals surface area (Å²) in [7, 11) is 0. The third-order valence-corrected chi connectivity index (χ3v) is 5.18. The lowest BCUT2D eigenvalue weighted by Crippen LogP contribution is -2.18. The molecule has 142 valence electrons. The summed E-state index contributed by atoms with van der Waals surface area (Å²) >= 11 is 7.16. The number of hydrogen-bond acceptors (Lipinski definition) is 6. The fourth-order valence-electron chi connectivity index (χ4n) is 2.42. The van der Waals surface area contributed by atoms with Crippen molar-refractivity contribution >= 4 is 45.9 Å². The Bertz CT molecular complexity index is 1040. The standard InChI is InChI=1S/C20H16ClN3O3S/c1-12(28-14-8-6-13(21)7-9-14)20(26)27-11-18(25)15(10-22)19-23-16-4-2-3-5-17(16)24-19/h2-9,12,25H,11H2,1H3,(H,23,24)/b18-15-/t12-/m1/s1. The largest absolute Gasteiger partial charge is 0.507 e. The number of nitrogens with one attached hydrogen (secondary N) is 1. The zero-order chi connectivity index (χ0) is 20.1. The number of aromatic amines is 1. The van der Waals surface area contributed by atoms with Gasteiger partial charge in [-0.25, -0.2) is 4.98 Å². The van der Waals surface area contributed by atoms with Crippen molar-refractivity contribution in [3.05, 3.63) is 65.1 Å². The number of aromatic nitrogens is 2. The van der Waals surface area contributed by atoms with Gasteiger partial charge in [0.05, 0.1) is 11.0 Å². The molecule has 1 atom stereocenters. The van der Waals surface area contributed by atoms with Crippen molar-refractivity contribution in [1.82, 2.24) is 9.97 Å². The smallest absolute Gasteiger partial charge is 0.319 e. The summed E-state index contributed by atoms with van der Waals surface area (Å²) in [5, 5.41) is 19.7. The number of hydrogen-bond donors (Lipinski definition) is 2. The number of imidazole rings is 1. The summed E-state index contributed by atoms with van der Waals surface area (Å²) in [6.45, 7) is 1.29. The van der Waals surface area contributed by atoms with E-state index >= 15 is 0 Å². The van der Waals surface area contributed by atoms with Crippen molar-refractivity contribution in [2.45, 2.75) is 17.1 Å². The van der Waals surface area contributed by atoms with Gasteiger partial charge < -0.3 is 14.8 Å². The molecule has 3 rings (SSSR count). The van der Waals surface area contributed by atoms with Gasteiger partial charge in [0.1, 0.15) is 23.5 Å². The molecule has 0 saturated carbocycles. The highest BCUT2D eigenvalue weighted by Gasteiger charge is 2.19. The van der Waals surface area contributed by atoms with E-state index in [1.807, 2.05) is 36.4 Å². The van der Waals surface area contributed by atoms with Crippen LogP contribution in [0, 0.1) is 11.3 Å². The number of aliphatic hydroxyl groups is 1. The molecule has 1 aromatic heterocycles. The molecule has 0 aliphatic heterocycles. The highest BCUT2D eigenvalue weighted by molar-refractivity contribution is 8.00. The average Bonchev–Trinajstić information content (AvgIpc) is 3.12. The van der Waals surface area contributed by atoms with Crippen LogP contribution in [0.15, 0.2) is 59.2 Å². The normalized spacial score (nSPS) is 12.9. The highest BCUT2D eigenvalue weighted by Crippen LogP contribution is 2.26. The second kappa shape index (κ2) is 8.83. The van der Waals surface area contributed by atoms with Crippen molar-refractivity contribution in [2.75, 3.05) is 6.61 Å². The van der Waals surface area contributed by atoms with Crippen LogP contribution < -0.4 is 0 Å². The van der Waals surface area contributed by atoms with Gasteiger partial charge in [-0.15, -0.1) is 11.8 Å². The molecule has 3 aromatic rings. The maximum Gasteiger partial charge on any atom is 0.319 e. The predicted octanol–water partition coefficient (Wildman–Crippen LogP) is 4.73. The molecule has 0 saturated heterocycles. The molecule has 0 aliphatic carbocycles. The number of halogens is 1. The van der Waals surface area contributed by atoms with E-state index in [0.29, 0.717) is 10.5 Å². The number of benzene rings is 2. The van der Waals surface area contributed by atoms with Crippen molar-refractivity contribution < 1.29 is 14.6 Å².